The van der Waals surface area contributed by atoms with Gasteiger partial charge in [0.05, 0.1) is 6.54 Å². The number of nitrogens with one attached hydrogen (secondary N) is 2. The Balaban J connectivity index is 1.80. The highest BCUT2D eigenvalue weighted by molar-refractivity contribution is 5.80. The molecule has 0 spiro atoms. The fraction of sp³-hybridized carbons (Fsp3) is 0.708. The molecule has 0 radical (unpaired) electrons. The Kier molecular flexibility index (Phi) is 15.3. The third kappa shape index (κ3) is 14.5. The van der Waals surface area contributed by atoms with Gasteiger partial charge in [-0.2, -0.15) is 0 Å². The molecule has 3 nitrogen and oxygen atoms in total. The molecule has 1 aromatic carbocycles. The topological polar surface area (TPSA) is 41.1 Å². The van der Waals surface area contributed by atoms with Crippen LogP contribution in [0.4, 0.5) is 10.1 Å². The standard InChI is InChI=1S/C24H41FN2O/c1-2-3-4-5-6-7-8-9-10-11-12-13-14-15-20-26-24(28)21-27-23-18-16-22(25)17-19-23/h16-19,27H,2-15,20-21H2,1H3,(H,26,28). The molecule has 28 heavy (non-hydrogen) atoms. The van der Waals surface area contributed by atoms with Crippen LogP contribution in [-0.2, 0) is 4.79 Å². The predicted octanol–water partition coefficient (Wildman–Crippen LogP) is 6.84. The molecule has 1 amide bonds. The van der Waals surface area contributed by atoms with E-state index >= 15 is 0 Å². The maximum atomic E-state index is 12.8. The van der Waals surface area contributed by atoms with Gasteiger partial charge in [0.25, 0.3) is 0 Å². The zero-order valence-electron chi connectivity index (χ0n) is 17.9. The van der Waals surface area contributed by atoms with E-state index in [2.05, 4.69) is 17.6 Å². The Bertz CT molecular complexity index is 490. The number of carbonyl (C=O) groups excluding carboxylic acids is 1. The number of hydrogen-bond acceptors (Lipinski definition) is 2. The van der Waals surface area contributed by atoms with Crippen molar-refractivity contribution in [3.8, 4) is 0 Å². The minimum atomic E-state index is -0.271. The van der Waals surface area contributed by atoms with Gasteiger partial charge in [-0.15, -0.1) is 0 Å². The zero-order valence-corrected chi connectivity index (χ0v) is 17.9. The number of benzene rings is 1. The van der Waals surface area contributed by atoms with Gasteiger partial charge in [0.2, 0.25) is 5.91 Å². The van der Waals surface area contributed by atoms with Crippen LogP contribution in [0.15, 0.2) is 24.3 Å². The molecule has 0 fully saturated rings. The van der Waals surface area contributed by atoms with Crippen molar-refractivity contribution in [1.29, 1.82) is 0 Å². The molecule has 0 aromatic heterocycles. The van der Waals surface area contributed by atoms with E-state index in [1.807, 2.05) is 0 Å². The Morgan fingerprint density at radius 2 is 1.21 bits per heavy atom. The van der Waals surface area contributed by atoms with Crippen molar-refractivity contribution >= 4 is 11.6 Å². The van der Waals surface area contributed by atoms with E-state index in [-0.39, 0.29) is 18.3 Å². The first-order valence-electron chi connectivity index (χ1n) is 11.5. The Labute approximate surface area is 171 Å². The summed E-state index contributed by atoms with van der Waals surface area (Å²) >= 11 is 0. The largest absolute Gasteiger partial charge is 0.376 e. The van der Waals surface area contributed by atoms with Gasteiger partial charge in [-0.25, -0.2) is 4.39 Å². The second kappa shape index (κ2) is 17.5. The molecular formula is C24H41FN2O. The SMILES string of the molecule is CCCCCCCCCCCCCCCCNC(=O)CNc1ccc(F)cc1. The third-order valence-corrected chi connectivity index (χ3v) is 5.15. The summed E-state index contributed by atoms with van der Waals surface area (Å²) in [5.41, 5.74) is 0.757. The van der Waals surface area contributed by atoms with E-state index in [4.69, 9.17) is 0 Å². The van der Waals surface area contributed by atoms with Crippen LogP contribution in [0.1, 0.15) is 96.8 Å². The van der Waals surface area contributed by atoms with Crippen molar-refractivity contribution in [3.05, 3.63) is 30.1 Å². The van der Waals surface area contributed by atoms with Crippen LogP contribution in [-0.4, -0.2) is 19.0 Å². The summed E-state index contributed by atoms with van der Waals surface area (Å²) in [6.07, 6.45) is 18.7. The average Bonchev–Trinajstić information content (AvgIpc) is 2.70. The van der Waals surface area contributed by atoms with E-state index in [1.54, 1.807) is 12.1 Å². The van der Waals surface area contributed by atoms with Crippen molar-refractivity contribution in [1.82, 2.24) is 5.32 Å². The molecule has 1 rings (SSSR count). The molecule has 0 aliphatic rings. The first-order valence-corrected chi connectivity index (χ1v) is 11.5. The van der Waals surface area contributed by atoms with Gasteiger partial charge in [0.1, 0.15) is 5.82 Å². The minimum absolute atomic E-state index is 0.0148. The molecule has 0 aliphatic carbocycles. The van der Waals surface area contributed by atoms with Gasteiger partial charge < -0.3 is 10.6 Å². The summed E-state index contributed by atoms with van der Waals surface area (Å²) in [6.45, 7) is 3.23. The average molecular weight is 393 g/mol. The third-order valence-electron chi connectivity index (χ3n) is 5.15. The quantitative estimate of drug-likeness (QED) is 0.269. The van der Waals surface area contributed by atoms with Crippen LogP contribution in [0.5, 0.6) is 0 Å². The fourth-order valence-corrected chi connectivity index (χ4v) is 3.36. The lowest BCUT2D eigenvalue weighted by Gasteiger charge is -2.08. The van der Waals surface area contributed by atoms with E-state index < -0.39 is 0 Å². The molecule has 0 saturated carbocycles. The van der Waals surface area contributed by atoms with Gasteiger partial charge >= 0.3 is 0 Å². The predicted molar refractivity (Wildman–Crippen MR) is 118 cm³/mol. The highest BCUT2D eigenvalue weighted by atomic mass is 19.1. The first kappa shape index (κ1) is 24.5. The van der Waals surface area contributed by atoms with E-state index in [0.717, 1.165) is 18.7 Å². The first-order chi connectivity index (χ1) is 13.7. The number of anilines is 1. The lowest BCUT2D eigenvalue weighted by Crippen LogP contribution is -2.30. The van der Waals surface area contributed by atoms with Gasteiger partial charge in [-0.05, 0) is 30.7 Å². The van der Waals surface area contributed by atoms with Crippen molar-refractivity contribution in [2.45, 2.75) is 96.8 Å². The van der Waals surface area contributed by atoms with E-state index in [1.165, 1.54) is 95.6 Å². The molecule has 0 heterocycles. The number of hydrogen-bond donors (Lipinski definition) is 2. The van der Waals surface area contributed by atoms with Crippen molar-refractivity contribution in [3.63, 3.8) is 0 Å². The highest BCUT2D eigenvalue weighted by Crippen LogP contribution is 2.13. The highest BCUT2D eigenvalue weighted by Gasteiger charge is 2.01. The van der Waals surface area contributed by atoms with Gasteiger partial charge in [-0.1, -0.05) is 90.4 Å². The fourth-order valence-electron chi connectivity index (χ4n) is 3.36. The van der Waals surface area contributed by atoms with E-state index in [9.17, 15) is 9.18 Å². The van der Waals surface area contributed by atoms with Crippen molar-refractivity contribution < 1.29 is 9.18 Å². The van der Waals surface area contributed by atoms with Crippen LogP contribution < -0.4 is 10.6 Å². The van der Waals surface area contributed by atoms with Crippen LogP contribution in [0.25, 0.3) is 0 Å². The summed E-state index contributed by atoms with van der Waals surface area (Å²) in [7, 11) is 0. The van der Waals surface area contributed by atoms with Crippen LogP contribution in [0.3, 0.4) is 0 Å². The zero-order chi connectivity index (χ0) is 20.3. The van der Waals surface area contributed by atoms with Crippen molar-refractivity contribution in [2.24, 2.45) is 0 Å². The lowest BCUT2D eigenvalue weighted by molar-refractivity contribution is -0.119. The van der Waals surface area contributed by atoms with Crippen LogP contribution in [0, 0.1) is 5.82 Å². The molecule has 0 atom stereocenters. The molecule has 1 aromatic rings. The maximum absolute atomic E-state index is 12.8. The molecule has 0 aliphatic heterocycles. The molecule has 2 N–H and O–H groups in total. The monoisotopic (exact) mass is 392 g/mol. The Morgan fingerprint density at radius 3 is 1.71 bits per heavy atom. The molecule has 0 unspecified atom stereocenters. The number of amides is 1. The molecular weight excluding hydrogens is 351 g/mol. The van der Waals surface area contributed by atoms with E-state index in [0.29, 0.717) is 0 Å². The Morgan fingerprint density at radius 1 is 0.750 bits per heavy atom. The minimum Gasteiger partial charge on any atom is -0.376 e. The smallest absolute Gasteiger partial charge is 0.239 e. The number of rotatable bonds is 18. The molecule has 0 bridgehead atoms. The number of halogens is 1. The summed E-state index contributed by atoms with van der Waals surface area (Å²) in [4.78, 5) is 11.8. The Hall–Kier alpha value is -1.58. The van der Waals surface area contributed by atoms with Crippen LogP contribution in [0.2, 0.25) is 0 Å². The lowest BCUT2D eigenvalue weighted by atomic mass is 10.0. The van der Waals surface area contributed by atoms with Gasteiger partial charge in [0, 0.05) is 12.2 Å². The van der Waals surface area contributed by atoms with Gasteiger partial charge in [0.15, 0.2) is 0 Å². The summed E-state index contributed by atoms with van der Waals surface area (Å²) in [5.74, 6) is -0.285. The summed E-state index contributed by atoms with van der Waals surface area (Å²) in [5, 5.41) is 5.93. The second-order valence-corrected chi connectivity index (χ2v) is 7.81. The molecule has 0 saturated heterocycles. The number of carbonyl (C=O) groups is 1. The normalized spacial score (nSPS) is 10.8. The second-order valence-electron chi connectivity index (χ2n) is 7.81. The number of unbranched alkanes of at least 4 members (excludes halogenated alkanes) is 13. The van der Waals surface area contributed by atoms with Crippen molar-refractivity contribution in [2.75, 3.05) is 18.4 Å². The maximum Gasteiger partial charge on any atom is 0.239 e. The molecule has 4 heteroatoms. The van der Waals surface area contributed by atoms with Crippen LogP contribution >= 0.6 is 0 Å². The summed E-state index contributed by atoms with van der Waals surface area (Å²) in [6, 6.07) is 6.04. The molecule has 160 valence electrons. The van der Waals surface area contributed by atoms with Gasteiger partial charge in [-0.3, -0.25) is 4.79 Å². The summed E-state index contributed by atoms with van der Waals surface area (Å²) < 4.78 is 12.8.